The molecule has 0 heterocycles. The second-order valence-electron chi connectivity index (χ2n) is 13.4. The molecule has 2 rings (SSSR count). The van der Waals surface area contributed by atoms with Crippen molar-refractivity contribution in [2.45, 2.75) is 130 Å². The van der Waals surface area contributed by atoms with E-state index in [-0.39, 0.29) is 36.3 Å². The number of amides is 3. The number of aldehydes is 1. The number of carbonyl (C=O) groups is 4. The monoisotopic (exact) mass is 585 g/mol. The van der Waals surface area contributed by atoms with E-state index < -0.39 is 29.5 Å². The zero-order valence-electron chi connectivity index (χ0n) is 26.7. The van der Waals surface area contributed by atoms with Crippen molar-refractivity contribution >= 4 is 24.2 Å². The van der Waals surface area contributed by atoms with Crippen LogP contribution in [0.4, 0.5) is 4.79 Å². The maximum atomic E-state index is 13.8. The topological polar surface area (TPSA) is 114 Å². The molecule has 3 atom stereocenters. The van der Waals surface area contributed by atoms with E-state index in [9.17, 15) is 19.2 Å². The van der Waals surface area contributed by atoms with Crippen molar-refractivity contribution in [1.29, 1.82) is 0 Å². The van der Waals surface area contributed by atoms with Gasteiger partial charge in [0.15, 0.2) is 0 Å². The minimum absolute atomic E-state index is 0.0940. The number of hydrogen-bond acceptors (Lipinski definition) is 5. The second kappa shape index (κ2) is 17.9. The summed E-state index contributed by atoms with van der Waals surface area (Å²) < 4.78 is 5.36. The molecule has 0 aliphatic heterocycles. The lowest BCUT2D eigenvalue weighted by Gasteiger charge is -2.40. The van der Waals surface area contributed by atoms with E-state index >= 15 is 0 Å². The van der Waals surface area contributed by atoms with E-state index in [1.54, 1.807) is 0 Å². The predicted molar refractivity (Wildman–Crippen MR) is 167 cm³/mol. The van der Waals surface area contributed by atoms with Crippen LogP contribution in [0.25, 0.3) is 0 Å². The molecule has 0 bridgehead atoms. The fourth-order valence-electron chi connectivity index (χ4n) is 5.88. The van der Waals surface area contributed by atoms with Gasteiger partial charge < -0.3 is 25.5 Å². The molecule has 1 saturated carbocycles. The van der Waals surface area contributed by atoms with Crippen LogP contribution in [-0.4, -0.2) is 42.3 Å². The van der Waals surface area contributed by atoms with Crippen LogP contribution < -0.4 is 16.0 Å². The van der Waals surface area contributed by atoms with Crippen molar-refractivity contribution in [1.82, 2.24) is 16.0 Å². The Labute approximate surface area is 253 Å². The van der Waals surface area contributed by atoms with Gasteiger partial charge >= 0.3 is 6.09 Å². The Kier molecular flexibility index (Phi) is 15.1. The van der Waals surface area contributed by atoms with Gasteiger partial charge in [-0.2, -0.15) is 0 Å². The standard InChI is InChI=1S/C34H55N3O5/c1-24(2)19-28(32(40)37-30(21-26(5)6)34(23-38)17-13-8-7-9-14-18-34)35-31(39)29(20-25(3)4)36-33(41)42-22-27-15-11-10-12-16-27/h10-12,15-16,23-26,28-30H,7-9,13-14,17-22H2,1-6H3,(H,35,39)(H,36,41)(H,37,40)/t28-,29-,30-/m0/s1. The molecular weight excluding hydrogens is 530 g/mol. The summed E-state index contributed by atoms with van der Waals surface area (Å²) in [6.45, 7) is 12.3. The minimum Gasteiger partial charge on any atom is -0.445 e. The van der Waals surface area contributed by atoms with E-state index in [1.807, 2.05) is 58.0 Å². The highest BCUT2D eigenvalue weighted by molar-refractivity contribution is 5.91. The van der Waals surface area contributed by atoms with Crippen LogP contribution in [0.3, 0.4) is 0 Å². The van der Waals surface area contributed by atoms with Crippen molar-refractivity contribution in [2.24, 2.45) is 23.2 Å². The van der Waals surface area contributed by atoms with Crippen molar-refractivity contribution in [3.8, 4) is 0 Å². The Hall–Kier alpha value is -2.90. The number of ether oxygens (including phenoxy) is 1. The summed E-state index contributed by atoms with van der Waals surface area (Å²) in [6.07, 6.45) is 8.79. The average molecular weight is 586 g/mol. The lowest BCUT2D eigenvalue weighted by molar-refractivity contribution is -0.132. The lowest BCUT2D eigenvalue weighted by atomic mass is 9.69. The quantitative estimate of drug-likeness (QED) is 0.209. The van der Waals surface area contributed by atoms with Crippen LogP contribution in [0.5, 0.6) is 0 Å². The molecule has 0 saturated heterocycles. The number of rotatable bonds is 15. The summed E-state index contributed by atoms with van der Waals surface area (Å²) in [6, 6.07) is 7.39. The normalized spacial score (nSPS) is 17.5. The molecule has 0 unspecified atom stereocenters. The van der Waals surface area contributed by atoms with Gasteiger partial charge in [-0.25, -0.2) is 4.79 Å². The first-order valence-electron chi connectivity index (χ1n) is 16.0. The van der Waals surface area contributed by atoms with Crippen LogP contribution in [0.1, 0.15) is 111 Å². The summed E-state index contributed by atoms with van der Waals surface area (Å²) in [5, 5.41) is 8.88. The molecule has 3 amide bonds. The van der Waals surface area contributed by atoms with Gasteiger partial charge in [0.1, 0.15) is 25.0 Å². The largest absolute Gasteiger partial charge is 0.445 e. The Bertz CT molecular complexity index is 971. The molecule has 8 heteroatoms. The van der Waals surface area contributed by atoms with Gasteiger partial charge in [0.2, 0.25) is 11.8 Å². The Morgan fingerprint density at radius 3 is 1.76 bits per heavy atom. The fourth-order valence-corrected chi connectivity index (χ4v) is 5.88. The number of hydrogen-bond donors (Lipinski definition) is 3. The fraction of sp³-hybridized carbons (Fsp3) is 0.706. The van der Waals surface area contributed by atoms with Gasteiger partial charge in [0, 0.05) is 11.5 Å². The molecule has 1 aliphatic rings. The molecule has 0 aromatic heterocycles. The minimum atomic E-state index is -0.853. The average Bonchev–Trinajstić information content (AvgIpc) is 2.91. The number of carbonyl (C=O) groups excluding carboxylic acids is 4. The molecular formula is C34H55N3O5. The molecule has 1 aliphatic carbocycles. The molecule has 1 aromatic carbocycles. The summed E-state index contributed by atoms with van der Waals surface area (Å²) in [5.74, 6) is -0.149. The third-order valence-electron chi connectivity index (χ3n) is 8.11. The highest BCUT2D eigenvalue weighted by Gasteiger charge is 2.41. The zero-order valence-corrected chi connectivity index (χ0v) is 26.7. The van der Waals surface area contributed by atoms with E-state index in [0.717, 1.165) is 50.4 Å². The molecule has 1 fully saturated rings. The van der Waals surface area contributed by atoms with E-state index in [0.29, 0.717) is 19.3 Å². The van der Waals surface area contributed by atoms with Crippen LogP contribution in [0.2, 0.25) is 0 Å². The smallest absolute Gasteiger partial charge is 0.408 e. The van der Waals surface area contributed by atoms with Crippen LogP contribution in [0.15, 0.2) is 30.3 Å². The van der Waals surface area contributed by atoms with Crippen LogP contribution in [-0.2, 0) is 25.7 Å². The van der Waals surface area contributed by atoms with Crippen molar-refractivity contribution in [2.75, 3.05) is 0 Å². The third kappa shape index (κ3) is 12.1. The molecule has 236 valence electrons. The van der Waals surface area contributed by atoms with Crippen LogP contribution >= 0.6 is 0 Å². The summed E-state index contributed by atoms with van der Waals surface area (Å²) in [4.78, 5) is 52.6. The van der Waals surface area contributed by atoms with Gasteiger partial charge in [-0.05, 0) is 55.4 Å². The number of benzene rings is 1. The maximum absolute atomic E-state index is 13.8. The van der Waals surface area contributed by atoms with Gasteiger partial charge in [0.05, 0.1) is 0 Å². The number of alkyl carbamates (subject to hydrolysis) is 1. The van der Waals surface area contributed by atoms with Crippen molar-refractivity contribution < 1.29 is 23.9 Å². The molecule has 3 N–H and O–H groups in total. The first-order chi connectivity index (χ1) is 20.0. The molecule has 0 spiro atoms. The van der Waals surface area contributed by atoms with E-state index in [1.165, 1.54) is 6.42 Å². The predicted octanol–water partition coefficient (Wildman–Crippen LogP) is 6.32. The zero-order chi connectivity index (χ0) is 31.1. The van der Waals surface area contributed by atoms with E-state index in [4.69, 9.17) is 4.74 Å². The summed E-state index contributed by atoms with van der Waals surface area (Å²) >= 11 is 0. The van der Waals surface area contributed by atoms with Gasteiger partial charge in [-0.3, -0.25) is 9.59 Å². The Morgan fingerprint density at radius 1 is 0.738 bits per heavy atom. The summed E-state index contributed by atoms with van der Waals surface area (Å²) in [7, 11) is 0. The third-order valence-corrected chi connectivity index (χ3v) is 8.11. The Balaban J connectivity index is 2.18. The maximum Gasteiger partial charge on any atom is 0.408 e. The van der Waals surface area contributed by atoms with E-state index in [2.05, 4.69) is 29.8 Å². The first kappa shape index (κ1) is 35.3. The van der Waals surface area contributed by atoms with Gasteiger partial charge in [-0.15, -0.1) is 0 Å². The van der Waals surface area contributed by atoms with Gasteiger partial charge in [0.25, 0.3) is 0 Å². The SMILES string of the molecule is CC(C)C[C@H](NC(=O)OCc1ccccc1)C(=O)N[C@@H](CC(C)C)C(=O)N[C@@H](CC(C)C)C1(C=O)CCCCCCC1. The molecule has 8 nitrogen and oxygen atoms in total. The molecule has 1 aromatic rings. The molecule has 42 heavy (non-hydrogen) atoms. The van der Waals surface area contributed by atoms with Crippen molar-refractivity contribution in [3.63, 3.8) is 0 Å². The second-order valence-corrected chi connectivity index (χ2v) is 13.4. The highest BCUT2D eigenvalue weighted by atomic mass is 16.5. The summed E-state index contributed by atoms with van der Waals surface area (Å²) in [5.41, 5.74) is 0.247. The lowest BCUT2D eigenvalue weighted by Crippen LogP contribution is -2.58. The first-order valence-corrected chi connectivity index (χ1v) is 16.0. The number of nitrogens with one attached hydrogen (secondary N) is 3. The molecule has 0 radical (unpaired) electrons. The van der Waals surface area contributed by atoms with Crippen molar-refractivity contribution in [3.05, 3.63) is 35.9 Å². The Morgan fingerprint density at radius 2 is 1.24 bits per heavy atom. The van der Waals surface area contributed by atoms with Crippen LogP contribution in [0, 0.1) is 23.2 Å². The van der Waals surface area contributed by atoms with Gasteiger partial charge in [-0.1, -0.05) is 104 Å². The highest BCUT2D eigenvalue weighted by Crippen LogP contribution is 2.38.